The van der Waals surface area contributed by atoms with E-state index >= 15 is 0 Å². The molecule has 0 N–H and O–H groups in total. The SMILES string of the molecule is CCCCCCCCCCCC[N+](CCCCC)(CCCCCCCCCCCC)CCCCCCCCCCCC.[Br-]. The van der Waals surface area contributed by atoms with E-state index in [4.69, 9.17) is 0 Å². The zero-order chi connectivity index (χ0) is 30.7. The lowest BCUT2D eigenvalue weighted by Gasteiger charge is -2.39. The Morgan fingerprint density at radius 1 is 0.209 bits per heavy atom. The Morgan fingerprint density at radius 3 is 0.558 bits per heavy atom. The average molecular weight is 673 g/mol. The smallest absolute Gasteiger partial charge is 0.0786 e. The molecule has 0 aliphatic rings. The Morgan fingerprint density at radius 2 is 0.349 bits per heavy atom. The number of nitrogens with zero attached hydrogens (tertiary/aromatic N) is 1. The predicted octanol–water partition coefficient (Wildman–Crippen LogP) is 11.8. The van der Waals surface area contributed by atoms with Gasteiger partial charge in [-0.25, -0.2) is 0 Å². The van der Waals surface area contributed by atoms with E-state index in [-0.39, 0.29) is 17.0 Å². The van der Waals surface area contributed by atoms with Crippen LogP contribution < -0.4 is 17.0 Å². The lowest BCUT2D eigenvalue weighted by Crippen LogP contribution is -3.00. The van der Waals surface area contributed by atoms with Crippen LogP contribution in [0.15, 0.2) is 0 Å². The molecule has 0 rings (SSSR count). The Bertz CT molecular complexity index is 419. The summed E-state index contributed by atoms with van der Waals surface area (Å²) in [5.74, 6) is 0. The van der Waals surface area contributed by atoms with E-state index in [0.29, 0.717) is 0 Å². The van der Waals surface area contributed by atoms with Gasteiger partial charge in [0.1, 0.15) is 0 Å². The summed E-state index contributed by atoms with van der Waals surface area (Å²) in [4.78, 5) is 0. The summed E-state index contributed by atoms with van der Waals surface area (Å²) in [6.07, 6.45) is 48.2. The van der Waals surface area contributed by atoms with Gasteiger partial charge in [0.15, 0.2) is 0 Å². The molecule has 0 saturated carbocycles. The van der Waals surface area contributed by atoms with Gasteiger partial charge in [-0.05, 0) is 51.4 Å². The number of hydrogen-bond acceptors (Lipinski definition) is 0. The van der Waals surface area contributed by atoms with Gasteiger partial charge in [0, 0.05) is 0 Å². The lowest BCUT2D eigenvalue weighted by atomic mass is 10.0. The first-order valence-electron chi connectivity index (χ1n) is 20.6. The van der Waals surface area contributed by atoms with Crippen LogP contribution in [-0.2, 0) is 0 Å². The first-order chi connectivity index (χ1) is 20.7. The van der Waals surface area contributed by atoms with Crippen LogP contribution in [0.3, 0.4) is 0 Å². The van der Waals surface area contributed by atoms with Gasteiger partial charge in [-0.15, -0.1) is 0 Å². The molecule has 0 aliphatic carbocycles. The van der Waals surface area contributed by atoms with Gasteiger partial charge < -0.3 is 21.5 Å². The summed E-state index contributed by atoms with van der Waals surface area (Å²) in [7, 11) is 0. The summed E-state index contributed by atoms with van der Waals surface area (Å²) in [6, 6.07) is 0. The van der Waals surface area contributed by atoms with Crippen LogP contribution in [0.4, 0.5) is 0 Å². The van der Waals surface area contributed by atoms with E-state index in [1.165, 1.54) is 243 Å². The quantitative estimate of drug-likeness (QED) is 0.0455. The van der Waals surface area contributed by atoms with Crippen LogP contribution >= 0.6 is 0 Å². The van der Waals surface area contributed by atoms with Crippen LogP contribution in [0.1, 0.15) is 240 Å². The molecule has 0 aromatic heterocycles. The highest BCUT2D eigenvalue weighted by molar-refractivity contribution is 4.55. The minimum absolute atomic E-state index is 0. The van der Waals surface area contributed by atoms with Crippen molar-refractivity contribution in [2.75, 3.05) is 26.2 Å². The first-order valence-corrected chi connectivity index (χ1v) is 20.6. The molecule has 0 saturated heterocycles. The zero-order valence-corrected chi connectivity index (χ0v) is 32.6. The number of unbranched alkanes of at least 4 members (excludes halogenated alkanes) is 29. The summed E-state index contributed by atoms with van der Waals surface area (Å²) >= 11 is 0. The van der Waals surface area contributed by atoms with Crippen LogP contribution in [0.5, 0.6) is 0 Å². The fourth-order valence-corrected chi connectivity index (χ4v) is 7.17. The Labute approximate surface area is 286 Å². The fourth-order valence-electron chi connectivity index (χ4n) is 7.17. The van der Waals surface area contributed by atoms with Gasteiger partial charge in [0.25, 0.3) is 0 Å². The molecular formula is C41H86BrN. The molecule has 262 valence electrons. The number of rotatable bonds is 37. The summed E-state index contributed by atoms with van der Waals surface area (Å²) in [5, 5.41) is 0. The number of quaternary nitrogens is 1. The van der Waals surface area contributed by atoms with Crippen LogP contribution in [0.25, 0.3) is 0 Å². The molecule has 2 heteroatoms. The zero-order valence-electron chi connectivity index (χ0n) is 31.0. The highest BCUT2D eigenvalue weighted by Gasteiger charge is 2.25. The maximum atomic E-state index is 2.39. The van der Waals surface area contributed by atoms with Crippen LogP contribution in [-0.4, -0.2) is 30.7 Å². The molecule has 1 nitrogen and oxygen atoms in total. The standard InChI is InChI=1S/C41H86N.BrH/c1-5-9-13-16-19-22-25-28-31-35-39-42(38-34-12-8-4,40-36-32-29-26-23-20-17-14-10-6-2)41-37-33-30-27-24-21-18-15-11-7-3;/h5-41H2,1-4H3;1H/q+1;/p-1. The van der Waals surface area contributed by atoms with Crippen LogP contribution in [0, 0.1) is 0 Å². The predicted molar refractivity (Wildman–Crippen MR) is 195 cm³/mol. The molecule has 0 aliphatic heterocycles. The van der Waals surface area contributed by atoms with Crippen molar-refractivity contribution in [2.45, 2.75) is 240 Å². The number of hydrogen-bond donors (Lipinski definition) is 0. The molecule has 0 aromatic rings. The van der Waals surface area contributed by atoms with E-state index in [2.05, 4.69) is 27.7 Å². The minimum atomic E-state index is 0. The van der Waals surface area contributed by atoms with Gasteiger partial charge in [0.05, 0.1) is 26.2 Å². The molecule has 0 atom stereocenters. The molecular weight excluding hydrogens is 586 g/mol. The number of halogens is 1. The molecule has 0 unspecified atom stereocenters. The maximum absolute atomic E-state index is 2.39. The molecule has 0 heterocycles. The highest BCUT2D eigenvalue weighted by atomic mass is 79.9. The third kappa shape index (κ3) is 33.6. The molecule has 43 heavy (non-hydrogen) atoms. The minimum Gasteiger partial charge on any atom is -1.00 e. The Balaban J connectivity index is 0. The molecule has 0 radical (unpaired) electrons. The van der Waals surface area contributed by atoms with Gasteiger partial charge in [0.2, 0.25) is 0 Å². The van der Waals surface area contributed by atoms with E-state index in [9.17, 15) is 0 Å². The fraction of sp³-hybridized carbons (Fsp3) is 1.00. The Kier molecular flexibility index (Phi) is 40.9. The van der Waals surface area contributed by atoms with E-state index in [0.717, 1.165) is 0 Å². The molecule has 0 amide bonds. The molecule has 0 aromatic carbocycles. The summed E-state index contributed by atoms with van der Waals surface area (Å²) in [5.41, 5.74) is 0. The van der Waals surface area contributed by atoms with Crippen molar-refractivity contribution in [3.63, 3.8) is 0 Å². The third-order valence-corrected chi connectivity index (χ3v) is 10.2. The van der Waals surface area contributed by atoms with Gasteiger partial charge in [-0.1, -0.05) is 188 Å². The van der Waals surface area contributed by atoms with Crippen molar-refractivity contribution in [3.8, 4) is 0 Å². The van der Waals surface area contributed by atoms with Crippen molar-refractivity contribution < 1.29 is 21.5 Å². The normalized spacial score (nSPS) is 11.7. The van der Waals surface area contributed by atoms with Crippen molar-refractivity contribution in [3.05, 3.63) is 0 Å². The van der Waals surface area contributed by atoms with Gasteiger partial charge in [-0.3, -0.25) is 0 Å². The summed E-state index contributed by atoms with van der Waals surface area (Å²) < 4.78 is 1.48. The highest BCUT2D eigenvalue weighted by Crippen LogP contribution is 2.21. The Hall–Kier alpha value is 0.440. The van der Waals surface area contributed by atoms with Gasteiger partial charge >= 0.3 is 0 Å². The van der Waals surface area contributed by atoms with E-state index in [1.807, 2.05) is 0 Å². The first kappa shape index (κ1) is 45.6. The summed E-state index contributed by atoms with van der Waals surface area (Å²) in [6.45, 7) is 15.3. The molecule has 0 spiro atoms. The van der Waals surface area contributed by atoms with Crippen molar-refractivity contribution in [2.24, 2.45) is 0 Å². The topological polar surface area (TPSA) is 0 Å². The van der Waals surface area contributed by atoms with E-state index < -0.39 is 0 Å². The lowest BCUT2D eigenvalue weighted by molar-refractivity contribution is -0.929. The second kappa shape index (κ2) is 38.6. The maximum Gasteiger partial charge on any atom is 0.0786 e. The van der Waals surface area contributed by atoms with Crippen molar-refractivity contribution >= 4 is 0 Å². The second-order valence-electron chi connectivity index (χ2n) is 14.5. The van der Waals surface area contributed by atoms with E-state index in [1.54, 1.807) is 0 Å². The average Bonchev–Trinajstić information content (AvgIpc) is 3.00. The second-order valence-corrected chi connectivity index (χ2v) is 14.5. The van der Waals surface area contributed by atoms with Gasteiger partial charge in [-0.2, -0.15) is 0 Å². The third-order valence-electron chi connectivity index (χ3n) is 10.2. The van der Waals surface area contributed by atoms with Crippen LogP contribution in [0.2, 0.25) is 0 Å². The molecule has 0 fully saturated rings. The molecule has 0 bridgehead atoms. The van der Waals surface area contributed by atoms with Crippen molar-refractivity contribution in [1.82, 2.24) is 0 Å². The monoisotopic (exact) mass is 672 g/mol. The van der Waals surface area contributed by atoms with Crippen molar-refractivity contribution in [1.29, 1.82) is 0 Å². The largest absolute Gasteiger partial charge is 1.00 e.